The van der Waals surface area contributed by atoms with Gasteiger partial charge < -0.3 is 15.2 Å². The van der Waals surface area contributed by atoms with Crippen molar-refractivity contribution in [2.24, 2.45) is 11.8 Å². The van der Waals surface area contributed by atoms with Gasteiger partial charge in [0.2, 0.25) is 5.91 Å². The summed E-state index contributed by atoms with van der Waals surface area (Å²) in [5.74, 6) is -3.46. The lowest BCUT2D eigenvalue weighted by atomic mass is 9.81. The van der Waals surface area contributed by atoms with Gasteiger partial charge >= 0.3 is 12.1 Å². The third-order valence-corrected chi connectivity index (χ3v) is 4.24. The fraction of sp³-hybridized carbons (Fsp3) is 0.529. The van der Waals surface area contributed by atoms with E-state index in [-0.39, 0.29) is 17.9 Å². The zero-order chi connectivity index (χ0) is 19.3. The second-order valence-corrected chi connectivity index (χ2v) is 6.24. The minimum absolute atomic E-state index is 0.0519. The summed E-state index contributed by atoms with van der Waals surface area (Å²) in [7, 11) is 0. The van der Waals surface area contributed by atoms with Gasteiger partial charge in [-0.25, -0.2) is 4.39 Å². The first-order chi connectivity index (χ1) is 12.2. The van der Waals surface area contributed by atoms with Gasteiger partial charge in [-0.2, -0.15) is 13.2 Å². The molecule has 0 aliphatic heterocycles. The Kier molecular flexibility index (Phi) is 6.44. The van der Waals surface area contributed by atoms with Crippen LogP contribution in [-0.4, -0.2) is 29.8 Å². The third kappa shape index (κ3) is 5.89. The molecule has 0 bridgehead atoms. The average Bonchev–Trinajstić information content (AvgIpc) is 2.56. The lowest BCUT2D eigenvalue weighted by Crippen LogP contribution is -2.31. The molecular formula is C17H19F4NO4. The number of carbonyl (C=O) groups is 2. The van der Waals surface area contributed by atoms with Gasteiger partial charge in [-0.15, -0.1) is 0 Å². The molecule has 2 atom stereocenters. The van der Waals surface area contributed by atoms with Crippen LogP contribution < -0.4 is 10.1 Å². The van der Waals surface area contributed by atoms with Crippen LogP contribution in [0.1, 0.15) is 32.1 Å². The number of nitrogens with one attached hydrogen (secondary N) is 1. The zero-order valence-electron chi connectivity index (χ0n) is 13.8. The molecule has 1 aliphatic rings. The molecule has 0 aromatic heterocycles. The summed E-state index contributed by atoms with van der Waals surface area (Å²) in [5.41, 5.74) is 0.0519. The Hall–Kier alpha value is -2.32. The minimum atomic E-state index is -4.41. The van der Waals surface area contributed by atoms with Gasteiger partial charge in [0, 0.05) is 12.0 Å². The predicted molar refractivity (Wildman–Crippen MR) is 84.3 cm³/mol. The number of aliphatic carboxylic acids is 1. The van der Waals surface area contributed by atoms with E-state index in [9.17, 15) is 27.2 Å². The molecule has 26 heavy (non-hydrogen) atoms. The maximum absolute atomic E-state index is 13.4. The molecule has 1 aromatic rings. The zero-order valence-corrected chi connectivity index (χ0v) is 13.8. The third-order valence-electron chi connectivity index (χ3n) is 4.24. The Morgan fingerprint density at radius 3 is 2.58 bits per heavy atom. The summed E-state index contributed by atoms with van der Waals surface area (Å²) >= 11 is 0. The average molecular weight is 377 g/mol. The van der Waals surface area contributed by atoms with Crippen LogP contribution in [0.4, 0.5) is 23.2 Å². The van der Waals surface area contributed by atoms with Crippen molar-refractivity contribution in [3.05, 3.63) is 24.0 Å². The Morgan fingerprint density at radius 2 is 1.92 bits per heavy atom. The van der Waals surface area contributed by atoms with Gasteiger partial charge in [0.1, 0.15) is 11.6 Å². The highest BCUT2D eigenvalue weighted by atomic mass is 19.4. The van der Waals surface area contributed by atoms with Gasteiger partial charge in [-0.1, -0.05) is 6.42 Å². The van der Waals surface area contributed by atoms with E-state index in [1.807, 2.05) is 0 Å². The van der Waals surface area contributed by atoms with E-state index in [4.69, 9.17) is 9.84 Å². The Balaban J connectivity index is 2.03. The summed E-state index contributed by atoms with van der Waals surface area (Å²) in [6.07, 6.45) is -3.83. The van der Waals surface area contributed by atoms with Crippen LogP contribution in [0.25, 0.3) is 0 Å². The maximum atomic E-state index is 13.4. The molecule has 1 aromatic carbocycles. The molecule has 0 radical (unpaired) electrons. The van der Waals surface area contributed by atoms with Gasteiger partial charge in [-0.05, 0) is 31.4 Å². The van der Waals surface area contributed by atoms with E-state index in [1.54, 1.807) is 0 Å². The number of rotatable bonds is 6. The van der Waals surface area contributed by atoms with Gasteiger partial charge in [0.25, 0.3) is 0 Å². The van der Waals surface area contributed by atoms with Crippen molar-refractivity contribution in [3.63, 3.8) is 0 Å². The number of halogens is 4. The topological polar surface area (TPSA) is 75.6 Å². The van der Waals surface area contributed by atoms with Crippen LogP contribution in [0.2, 0.25) is 0 Å². The second kappa shape index (κ2) is 8.37. The van der Waals surface area contributed by atoms with E-state index in [2.05, 4.69) is 5.32 Å². The number of alkyl halides is 3. The molecule has 2 rings (SSSR count). The largest absolute Gasteiger partial charge is 0.491 e. The fourth-order valence-corrected chi connectivity index (χ4v) is 2.88. The SMILES string of the molecule is O=C(O)C1CCCC(C(=O)Nc2ccc(F)cc2OCCC(F)(F)F)C1. The van der Waals surface area contributed by atoms with E-state index in [0.29, 0.717) is 19.3 Å². The molecule has 9 heteroatoms. The summed E-state index contributed by atoms with van der Waals surface area (Å²) < 4.78 is 55.0. The van der Waals surface area contributed by atoms with E-state index >= 15 is 0 Å². The number of anilines is 1. The van der Waals surface area contributed by atoms with E-state index < -0.39 is 48.7 Å². The maximum Gasteiger partial charge on any atom is 0.392 e. The Labute approximate surface area is 147 Å². The van der Waals surface area contributed by atoms with Gasteiger partial charge in [-0.3, -0.25) is 9.59 Å². The quantitative estimate of drug-likeness (QED) is 0.735. The molecule has 2 unspecified atom stereocenters. The highest BCUT2D eigenvalue weighted by Crippen LogP contribution is 2.32. The van der Waals surface area contributed by atoms with Crippen molar-refractivity contribution >= 4 is 17.6 Å². The number of carboxylic acid groups (broad SMARTS) is 1. The summed E-state index contributed by atoms with van der Waals surface area (Å²) in [5, 5.41) is 11.6. The molecule has 0 spiro atoms. The van der Waals surface area contributed by atoms with Crippen LogP contribution in [-0.2, 0) is 9.59 Å². The Morgan fingerprint density at radius 1 is 1.23 bits per heavy atom. The number of ether oxygens (including phenoxy) is 1. The fourth-order valence-electron chi connectivity index (χ4n) is 2.88. The van der Waals surface area contributed by atoms with Gasteiger partial charge in [0.05, 0.1) is 24.6 Å². The molecule has 1 fully saturated rings. The van der Waals surface area contributed by atoms with Crippen molar-refractivity contribution in [2.45, 2.75) is 38.3 Å². The number of carboxylic acids is 1. The highest BCUT2D eigenvalue weighted by Gasteiger charge is 2.31. The monoisotopic (exact) mass is 377 g/mol. The smallest absolute Gasteiger partial charge is 0.392 e. The highest BCUT2D eigenvalue weighted by molar-refractivity contribution is 5.94. The van der Waals surface area contributed by atoms with Crippen LogP contribution >= 0.6 is 0 Å². The van der Waals surface area contributed by atoms with E-state index in [1.165, 1.54) is 6.07 Å². The minimum Gasteiger partial charge on any atom is -0.491 e. The molecule has 1 aliphatic carbocycles. The van der Waals surface area contributed by atoms with Crippen molar-refractivity contribution in [2.75, 3.05) is 11.9 Å². The predicted octanol–water partition coefficient (Wildman–Crippen LogP) is 3.99. The standard InChI is InChI=1S/C17H19F4NO4/c18-12-4-5-13(14(9-12)26-7-6-17(19,20)21)22-15(23)10-2-1-3-11(8-10)16(24)25/h4-5,9-11H,1-3,6-8H2,(H,22,23)(H,24,25). The summed E-state index contributed by atoms with van der Waals surface area (Å²) in [4.78, 5) is 23.5. The number of carbonyl (C=O) groups excluding carboxylic acids is 1. The van der Waals surface area contributed by atoms with Crippen molar-refractivity contribution < 1.29 is 37.0 Å². The van der Waals surface area contributed by atoms with Crippen LogP contribution in [0.5, 0.6) is 5.75 Å². The molecule has 144 valence electrons. The number of benzene rings is 1. The lowest BCUT2D eigenvalue weighted by Gasteiger charge is -2.26. The van der Waals surface area contributed by atoms with Gasteiger partial charge in [0.15, 0.2) is 0 Å². The molecule has 5 nitrogen and oxygen atoms in total. The second-order valence-electron chi connectivity index (χ2n) is 6.24. The summed E-state index contributed by atoms with van der Waals surface area (Å²) in [6.45, 7) is -0.708. The van der Waals surface area contributed by atoms with Crippen molar-refractivity contribution in [1.82, 2.24) is 0 Å². The Bertz CT molecular complexity index is 663. The molecule has 0 saturated heterocycles. The number of hydrogen-bond acceptors (Lipinski definition) is 3. The van der Waals surface area contributed by atoms with Crippen LogP contribution in [0.3, 0.4) is 0 Å². The number of amides is 1. The first-order valence-corrected chi connectivity index (χ1v) is 8.18. The first-order valence-electron chi connectivity index (χ1n) is 8.18. The normalized spacial score (nSPS) is 20.5. The first kappa shape index (κ1) is 20.0. The van der Waals surface area contributed by atoms with Crippen molar-refractivity contribution in [1.29, 1.82) is 0 Å². The van der Waals surface area contributed by atoms with E-state index in [0.717, 1.165) is 12.1 Å². The molecule has 1 amide bonds. The lowest BCUT2D eigenvalue weighted by molar-refractivity contribution is -0.144. The summed E-state index contributed by atoms with van der Waals surface area (Å²) in [6, 6.07) is 3.15. The van der Waals surface area contributed by atoms with Crippen LogP contribution in [0.15, 0.2) is 18.2 Å². The number of hydrogen-bond donors (Lipinski definition) is 2. The molecule has 1 saturated carbocycles. The molecule has 0 heterocycles. The molecule has 2 N–H and O–H groups in total. The molecular weight excluding hydrogens is 358 g/mol. The van der Waals surface area contributed by atoms with Crippen molar-refractivity contribution in [3.8, 4) is 5.75 Å². The van der Waals surface area contributed by atoms with Crippen LogP contribution in [0, 0.1) is 17.7 Å².